The SMILES string of the molecule is C=NC(=NC)/C(Cl)=C\Nc1ccc(C(=O)N2CCN(C)CC2)cc1OC.CC1CC(O)CN1C(=O)C(NC(=O)C1(F)CC1)C(C)(C)SCC1CCCCC1.CN.Cc1ncsc1-c1ccc(CNC=O)cc1. The number of β-amino-alcohol motifs (C(OH)–C–C–N with tert-alkyl or cyclic N) is 1. The number of anilines is 1. The van der Waals surface area contributed by atoms with Crippen LogP contribution in [0.2, 0.25) is 0 Å². The molecule has 2 aliphatic carbocycles. The number of rotatable bonds is 16. The molecule has 4 fully saturated rings. The van der Waals surface area contributed by atoms with Crippen molar-refractivity contribution in [3.05, 3.63) is 76.0 Å². The fraction of sp³-hybridized carbons (Fsp3) is 0.558. The van der Waals surface area contributed by atoms with Crippen molar-refractivity contribution in [2.45, 2.75) is 114 Å². The highest BCUT2D eigenvalue weighted by Crippen LogP contribution is 2.41. The molecule has 2 aromatic carbocycles. The minimum absolute atomic E-state index is 0.00721. The van der Waals surface area contributed by atoms with Gasteiger partial charge >= 0.3 is 0 Å². The maximum atomic E-state index is 14.3. The van der Waals surface area contributed by atoms with Crippen LogP contribution in [0.1, 0.15) is 93.8 Å². The second kappa shape index (κ2) is 29.1. The molecule has 20 heteroatoms. The molecule has 4 amide bonds. The molecule has 4 aliphatic rings. The number of amides is 4. The first-order valence-electron chi connectivity index (χ1n) is 24.5. The molecule has 2 saturated heterocycles. The molecule has 0 spiro atoms. The van der Waals surface area contributed by atoms with Gasteiger partial charge in [-0.1, -0.05) is 55.1 Å². The predicted octanol–water partition coefficient (Wildman–Crippen LogP) is 7.29. The number of benzene rings is 2. The Kier molecular flexibility index (Phi) is 24.1. The van der Waals surface area contributed by atoms with Crippen LogP contribution in [0.25, 0.3) is 10.4 Å². The molecular weight excluding hydrogens is 979 g/mol. The second-order valence-electron chi connectivity index (χ2n) is 18.8. The number of thioether (sulfide) groups is 1. The Morgan fingerprint density at radius 3 is 2.32 bits per heavy atom. The van der Waals surface area contributed by atoms with Crippen LogP contribution in [0, 0.1) is 12.8 Å². The first kappa shape index (κ1) is 59.6. The van der Waals surface area contributed by atoms with Crippen molar-refractivity contribution in [1.29, 1.82) is 0 Å². The van der Waals surface area contributed by atoms with Gasteiger partial charge in [0.05, 0.1) is 35.0 Å². The quantitative estimate of drug-likeness (QED) is 0.0547. The summed E-state index contributed by atoms with van der Waals surface area (Å²) in [7, 11) is 6.69. The van der Waals surface area contributed by atoms with Gasteiger partial charge in [0.2, 0.25) is 12.3 Å². The largest absolute Gasteiger partial charge is 0.495 e. The second-order valence-corrected chi connectivity index (χ2v) is 21.8. The highest BCUT2D eigenvalue weighted by atomic mass is 35.5. The van der Waals surface area contributed by atoms with Gasteiger partial charge in [0.1, 0.15) is 16.8 Å². The summed E-state index contributed by atoms with van der Waals surface area (Å²) in [5.41, 5.74) is 9.15. The lowest BCUT2D eigenvalue weighted by atomic mass is 9.91. The number of nitrogens with two attached hydrogens (primary N) is 1. The third kappa shape index (κ3) is 17.4. The maximum Gasteiger partial charge on any atom is 0.258 e. The number of aromatic nitrogens is 1. The van der Waals surface area contributed by atoms with E-state index in [4.69, 9.17) is 16.3 Å². The average molecular weight is 1060 g/mol. The highest BCUT2D eigenvalue weighted by Gasteiger charge is 2.53. The molecule has 0 bridgehead atoms. The molecule has 3 aromatic rings. The number of hydrogen-bond donors (Lipinski definition) is 5. The number of methoxy groups -OCH3 is 1. The Bertz CT molecular complexity index is 2300. The number of ether oxygens (including phenoxy) is 1. The molecule has 3 unspecified atom stereocenters. The van der Waals surface area contributed by atoms with Crippen LogP contribution < -0.4 is 26.4 Å². The number of aliphatic hydroxyl groups excluding tert-OH is 1. The number of alkyl halides is 1. The van der Waals surface area contributed by atoms with Gasteiger partial charge in [0, 0.05) is 68.9 Å². The van der Waals surface area contributed by atoms with E-state index in [0.717, 1.165) is 43.2 Å². The standard InChI is InChI=1S/C21H35FN2O3S.C18H24ClN5O2.C12H12N2OS.CH5N/c1-14-11-16(25)12-24(14)18(26)17(23-19(27)21(22)9-10-21)20(2,3)28-13-15-7-5-4-6-8-15;1-20-17(21-2)14(19)12-22-15-6-5-13(11-16(15)26-4)18(25)24-9-7-23(3)8-10-24;1-9-12(16-8-14-9)11-4-2-10(3-5-11)6-13-7-15;1-2/h14-17,25H,4-13H2,1-3H3,(H,23,27);5-6,11-12,22H,1,7-10H2,2-4H3;2-5,7-8H,6H2,1H3,(H,13,15);2H2,1H3/b;14-12+,21-17?;;. The summed E-state index contributed by atoms with van der Waals surface area (Å²) in [5.74, 6) is 1.62. The van der Waals surface area contributed by atoms with Gasteiger partial charge in [-0.25, -0.2) is 14.4 Å². The minimum Gasteiger partial charge on any atom is -0.495 e. The van der Waals surface area contributed by atoms with E-state index in [-0.39, 0.29) is 37.2 Å². The normalized spacial score (nSPS) is 19.4. The minimum atomic E-state index is -1.81. The van der Waals surface area contributed by atoms with Gasteiger partial charge in [-0.15, -0.1) is 11.3 Å². The Labute approximate surface area is 438 Å². The molecule has 396 valence electrons. The Morgan fingerprint density at radius 1 is 1.11 bits per heavy atom. The monoisotopic (exact) mass is 1050 g/mol. The van der Waals surface area contributed by atoms with E-state index in [1.54, 1.807) is 66.6 Å². The van der Waals surface area contributed by atoms with E-state index in [9.17, 15) is 28.7 Å². The van der Waals surface area contributed by atoms with Crippen LogP contribution in [-0.2, 0) is 20.9 Å². The van der Waals surface area contributed by atoms with Gasteiger partial charge in [-0.2, -0.15) is 11.8 Å². The summed E-state index contributed by atoms with van der Waals surface area (Å²) < 4.78 is 19.2. The molecule has 0 radical (unpaired) electrons. The van der Waals surface area contributed by atoms with Crippen LogP contribution in [-0.4, -0.2) is 157 Å². The lowest BCUT2D eigenvalue weighted by Gasteiger charge is -2.38. The number of aliphatic imine (C=N–C) groups is 2. The van der Waals surface area contributed by atoms with E-state index in [1.165, 1.54) is 49.6 Å². The van der Waals surface area contributed by atoms with Gasteiger partial charge < -0.3 is 46.2 Å². The molecule has 2 saturated carbocycles. The smallest absolute Gasteiger partial charge is 0.258 e. The zero-order chi connectivity index (χ0) is 53.0. The first-order chi connectivity index (χ1) is 34.4. The van der Waals surface area contributed by atoms with E-state index in [2.05, 4.69) is 67.5 Å². The number of thiazole rings is 1. The topological polar surface area (TPSA) is 207 Å². The third-order valence-corrected chi connectivity index (χ3v) is 16.0. The van der Waals surface area contributed by atoms with Crippen molar-refractivity contribution in [1.82, 2.24) is 30.3 Å². The molecule has 3 heterocycles. The summed E-state index contributed by atoms with van der Waals surface area (Å²) in [4.78, 5) is 67.4. The molecule has 72 heavy (non-hydrogen) atoms. The molecule has 7 rings (SSSR count). The number of piperazine rings is 1. The van der Waals surface area contributed by atoms with Crippen LogP contribution in [0.5, 0.6) is 5.75 Å². The van der Waals surface area contributed by atoms with Crippen molar-refractivity contribution in [2.24, 2.45) is 21.6 Å². The van der Waals surface area contributed by atoms with Gasteiger partial charge in [-0.3, -0.25) is 24.2 Å². The summed E-state index contributed by atoms with van der Waals surface area (Å²) in [6.45, 7) is 15.3. The van der Waals surface area contributed by atoms with Crippen LogP contribution in [0.4, 0.5) is 10.1 Å². The maximum absolute atomic E-state index is 14.3. The average Bonchev–Trinajstić information content (AvgIpc) is 3.85. The first-order valence-corrected chi connectivity index (χ1v) is 26.8. The summed E-state index contributed by atoms with van der Waals surface area (Å²) >= 11 is 9.47. The number of carbonyl (C=O) groups excluding carboxylic acids is 4. The van der Waals surface area contributed by atoms with Crippen molar-refractivity contribution in [3.8, 4) is 16.2 Å². The lowest BCUT2D eigenvalue weighted by Crippen LogP contribution is -2.59. The Morgan fingerprint density at radius 2 is 1.78 bits per heavy atom. The number of aliphatic hydroxyl groups is 1. The van der Waals surface area contributed by atoms with Crippen molar-refractivity contribution in [3.63, 3.8) is 0 Å². The van der Waals surface area contributed by atoms with E-state index in [0.29, 0.717) is 53.2 Å². The molecule has 16 nitrogen and oxygen atoms in total. The number of amidine groups is 1. The number of halogens is 2. The zero-order valence-electron chi connectivity index (χ0n) is 43.2. The number of hydrogen-bond acceptors (Lipinski definition) is 13. The summed E-state index contributed by atoms with van der Waals surface area (Å²) in [5, 5.41) is 18.7. The zero-order valence-corrected chi connectivity index (χ0v) is 45.6. The number of likely N-dealkylation sites (tertiary alicyclic amines) is 1. The van der Waals surface area contributed by atoms with E-state index in [1.807, 2.05) is 50.2 Å². The fourth-order valence-corrected chi connectivity index (χ4v) is 10.8. The van der Waals surface area contributed by atoms with Crippen LogP contribution >= 0.6 is 34.7 Å². The van der Waals surface area contributed by atoms with Crippen LogP contribution in [0.15, 0.2) is 69.2 Å². The molecular formula is C52H76ClFN10O6S2. The summed E-state index contributed by atoms with van der Waals surface area (Å²) in [6, 6.07) is 12.6. The fourth-order valence-electron chi connectivity index (χ4n) is 8.48. The van der Waals surface area contributed by atoms with Gasteiger partial charge in [0.25, 0.3) is 11.8 Å². The number of likely N-dealkylation sites (N-methyl/N-ethyl adjacent to an activating group) is 1. The number of carbonyl (C=O) groups is 4. The number of nitrogens with one attached hydrogen (secondary N) is 3. The highest BCUT2D eigenvalue weighted by molar-refractivity contribution is 8.00. The lowest BCUT2D eigenvalue weighted by molar-refractivity contribution is -0.139. The van der Waals surface area contributed by atoms with E-state index >= 15 is 0 Å². The molecule has 6 N–H and O–H groups in total. The summed E-state index contributed by atoms with van der Waals surface area (Å²) in [6.07, 6.45) is 8.99. The molecule has 3 atom stereocenters. The number of nitrogens with zero attached hydrogens (tertiary/aromatic N) is 6. The van der Waals surface area contributed by atoms with Crippen molar-refractivity contribution < 1.29 is 33.4 Å². The Balaban J connectivity index is 0.000000238. The van der Waals surface area contributed by atoms with Crippen LogP contribution in [0.3, 0.4) is 0 Å². The van der Waals surface area contributed by atoms with Crippen molar-refractivity contribution >= 4 is 77.1 Å². The van der Waals surface area contributed by atoms with E-state index < -0.39 is 28.5 Å². The Hall–Kier alpha value is -4.92. The van der Waals surface area contributed by atoms with Gasteiger partial charge in [0.15, 0.2) is 11.5 Å². The van der Waals surface area contributed by atoms with Gasteiger partial charge in [-0.05, 0) is 122 Å². The third-order valence-electron chi connectivity index (χ3n) is 13.1. The number of aryl methyl sites for hydroxylation is 1. The molecule has 1 aromatic heterocycles. The molecule has 2 aliphatic heterocycles. The van der Waals surface area contributed by atoms with Crippen molar-refractivity contribution in [2.75, 3.05) is 72.0 Å². The predicted molar refractivity (Wildman–Crippen MR) is 292 cm³/mol.